The van der Waals surface area contributed by atoms with Gasteiger partial charge in [0, 0.05) is 21.1 Å². The van der Waals surface area contributed by atoms with E-state index in [0.29, 0.717) is 15.7 Å². The lowest BCUT2D eigenvalue weighted by Gasteiger charge is -2.18. The van der Waals surface area contributed by atoms with E-state index in [0.717, 1.165) is 0 Å². The van der Waals surface area contributed by atoms with Crippen LogP contribution in [0.5, 0.6) is 0 Å². The standard InChI is InChI=1S/C14H14Cl2N2O2/c1-14(2,3)12(19)11(7-17)13(20)18-10-5-8(15)4-9(16)6-10/h4-6,19H,1-3H3,(H,18,20)/b12-11-. The Morgan fingerprint density at radius 2 is 1.75 bits per heavy atom. The molecule has 20 heavy (non-hydrogen) atoms. The van der Waals surface area contributed by atoms with Crippen molar-refractivity contribution in [3.63, 3.8) is 0 Å². The van der Waals surface area contributed by atoms with Crippen LogP contribution in [0.1, 0.15) is 20.8 Å². The molecule has 0 fully saturated rings. The summed E-state index contributed by atoms with van der Waals surface area (Å²) < 4.78 is 0. The van der Waals surface area contributed by atoms with Gasteiger partial charge in [-0.2, -0.15) is 5.26 Å². The molecule has 0 heterocycles. The van der Waals surface area contributed by atoms with Crippen molar-refractivity contribution in [1.29, 1.82) is 5.26 Å². The van der Waals surface area contributed by atoms with Gasteiger partial charge in [0.2, 0.25) is 0 Å². The average molecular weight is 313 g/mol. The zero-order chi connectivity index (χ0) is 15.5. The summed E-state index contributed by atoms with van der Waals surface area (Å²) in [4.78, 5) is 12.0. The van der Waals surface area contributed by atoms with Gasteiger partial charge in [-0.3, -0.25) is 4.79 Å². The van der Waals surface area contributed by atoms with Crippen LogP contribution in [0.4, 0.5) is 5.69 Å². The molecule has 0 aromatic heterocycles. The Hall–Kier alpha value is -1.70. The van der Waals surface area contributed by atoms with E-state index in [1.54, 1.807) is 26.8 Å². The fourth-order valence-corrected chi connectivity index (χ4v) is 1.93. The average Bonchev–Trinajstić information content (AvgIpc) is 2.26. The lowest BCUT2D eigenvalue weighted by Crippen LogP contribution is -2.20. The Balaban J connectivity index is 3.09. The number of amides is 1. The van der Waals surface area contributed by atoms with Crippen LogP contribution in [0.15, 0.2) is 29.5 Å². The first-order valence-electron chi connectivity index (χ1n) is 5.76. The van der Waals surface area contributed by atoms with Crippen LogP contribution in [-0.4, -0.2) is 11.0 Å². The third kappa shape index (κ3) is 4.16. The number of nitrogens with one attached hydrogen (secondary N) is 1. The summed E-state index contributed by atoms with van der Waals surface area (Å²) in [6, 6.07) is 6.22. The number of halogens is 2. The van der Waals surface area contributed by atoms with Crippen LogP contribution >= 0.6 is 23.2 Å². The smallest absolute Gasteiger partial charge is 0.269 e. The number of hydrogen-bond donors (Lipinski definition) is 2. The van der Waals surface area contributed by atoms with E-state index < -0.39 is 11.3 Å². The van der Waals surface area contributed by atoms with Crippen molar-refractivity contribution in [3.8, 4) is 6.07 Å². The summed E-state index contributed by atoms with van der Waals surface area (Å²) >= 11 is 11.6. The number of hydrogen-bond acceptors (Lipinski definition) is 3. The molecular weight excluding hydrogens is 299 g/mol. The molecule has 6 heteroatoms. The Bertz CT molecular complexity index is 590. The molecule has 1 amide bonds. The van der Waals surface area contributed by atoms with Crippen LogP contribution in [0, 0.1) is 16.7 Å². The minimum absolute atomic E-state index is 0.273. The molecule has 0 aliphatic carbocycles. The van der Waals surface area contributed by atoms with Gasteiger partial charge in [-0.15, -0.1) is 0 Å². The van der Waals surface area contributed by atoms with E-state index in [2.05, 4.69) is 5.32 Å². The molecule has 2 N–H and O–H groups in total. The predicted molar refractivity (Wildman–Crippen MR) is 79.8 cm³/mol. The second-order valence-electron chi connectivity index (χ2n) is 5.20. The van der Waals surface area contributed by atoms with Crippen LogP contribution in [-0.2, 0) is 4.79 Å². The second kappa shape index (κ2) is 6.17. The number of aliphatic hydroxyl groups is 1. The first-order valence-corrected chi connectivity index (χ1v) is 6.52. The van der Waals surface area contributed by atoms with E-state index in [4.69, 9.17) is 28.5 Å². The molecular formula is C14H14Cl2N2O2. The van der Waals surface area contributed by atoms with E-state index in [1.165, 1.54) is 18.2 Å². The van der Waals surface area contributed by atoms with Crippen LogP contribution in [0.2, 0.25) is 10.0 Å². The molecule has 0 atom stereocenters. The zero-order valence-electron chi connectivity index (χ0n) is 11.3. The Morgan fingerprint density at radius 1 is 1.25 bits per heavy atom. The summed E-state index contributed by atoms with van der Waals surface area (Å²) in [5.74, 6) is -0.983. The van der Waals surface area contributed by atoms with Crippen LogP contribution in [0.25, 0.3) is 0 Å². The van der Waals surface area contributed by atoms with Gasteiger partial charge in [0.05, 0.1) is 0 Å². The molecule has 0 radical (unpaired) electrons. The van der Waals surface area contributed by atoms with Crippen molar-refractivity contribution in [2.45, 2.75) is 20.8 Å². The van der Waals surface area contributed by atoms with Crippen molar-refractivity contribution in [3.05, 3.63) is 39.6 Å². The topological polar surface area (TPSA) is 73.1 Å². The quantitative estimate of drug-likeness (QED) is 0.485. The van der Waals surface area contributed by atoms with Crippen molar-refractivity contribution < 1.29 is 9.90 Å². The summed E-state index contributed by atoms with van der Waals surface area (Å²) in [5.41, 5.74) is -0.690. The highest BCUT2D eigenvalue weighted by Crippen LogP contribution is 2.27. The maximum Gasteiger partial charge on any atom is 0.269 e. The number of carbonyl (C=O) groups is 1. The lowest BCUT2D eigenvalue weighted by molar-refractivity contribution is -0.112. The van der Waals surface area contributed by atoms with Crippen molar-refractivity contribution in [2.75, 3.05) is 5.32 Å². The Morgan fingerprint density at radius 3 is 2.15 bits per heavy atom. The SMILES string of the molecule is CC(C)(C)/C(O)=C(\C#N)C(=O)Nc1cc(Cl)cc(Cl)c1. The van der Waals surface area contributed by atoms with Crippen LogP contribution in [0.3, 0.4) is 0 Å². The summed E-state index contributed by atoms with van der Waals surface area (Å²) in [6.07, 6.45) is 0. The molecule has 1 rings (SSSR count). The maximum absolute atomic E-state index is 12.0. The summed E-state index contributed by atoms with van der Waals surface area (Å²) in [5, 5.41) is 22.2. The number of anilines is 1. The molecule has 0 spiro atoms. The van der Waals surface area contributed by atoms with E-state index in [-0.39, 0.29) is 11.3 Å². The number of nitrogens with zero attached hydrogens (tertiary/aromatic N) is 1. The molecule has 106 valence electrons. The minimum atomic E-state index is -0.710. The van der Waals surface area contributed by atoms with Gasteiger partial charge in [-0.25, -0.2) is 0 Å². The second-order valence-corrected chi connectivity index (χ2v) is 6.07. The molecule has 0 aliphatic heterocycles. The number of carbonyl (C=O) groups excluding carboxylic acids is 1. The Labute approximate surface area is 127 Å². The number of allylic oxidation sites excluding steroid dienone is 1. The molecule has 1 aromatic rings. The molecule has 0 unspecified atom stereocenters. The first kappa shape index (κ1) is 16.4. The minimum Gasteiger partial charge on any atom is -0.510 e. The fraction of sp³-hybridized carbons (Fsp3) is 0.286. The fourth-order valence-electron chi connectivity index (χ4n) is 1.41. The zero-order valence-corrected chi connectivity index (χ0v) is 12.8. The first-order chi connectivity index (χ1) is 9.15. The summed E-state index contributed by atoms with van der Waals surface area (Å²) in [6.45, 7) is 5.09. The van der Waals surface area contributed by atoms with Crippen molar-refractivity contribution >= 4 is 34.8 Å². The molecule has 0 aliphatic rings. The lowest BCUT2D eigenvalue weighted by atomic mass is 9.90. The van der Waals surface area contributed by atoms with Crippen molar-refractivity contribution in [2.24, 2.45) is 5.41 Å². The molecule has 0 saturated heterocycles. The largest absolute Gasteiger partial charge is 0.510 e. The number of aliphatic hydroxyl groups excluding tert-OH is 1. The van der Waals surface area contributed by atoms with Crippen molar-refractivity contribution in [1.82, 2.24) is 0 Å². The predicted octanol–water partition coefficient (Wildman–Crippen LogP) is 4.31. The molecule has 1 aromatic carbocycles. The molecule has 0 saturated carbocycles. The highest BCUT2D eigenvalue weighted by atomic mass is 35.5. The summed E-state index contributed by atoms with van der Waals surface area (Å²) in [7, 11) is 0. The molecule has 0 bridgehead atoms. The van der Waals surface area contributed by atoms with Gasteiger partial charge >= 0.3 is 0 Å². The molecule has 4 nitrogen and oxygen atoms in total. The third-order valence-electron chi connectivity index (χ3n) is 2.41. The highest BCUT2D eigenvalue weighted by Gasteiger charge is 2.25. The van der Waals surface area contributed by atoms with Gasteiger partial charge in [-0.05, 0) is 18.2 Å². The van der Waals surface area contributed by atoms with E-state index in [9.17, 15) is 9.90 Å². The van der Waals surface area contributed by atoms with E-state index in [1.807, 2.05) is 0 Å². The monoisotopic (exact) mass is 312 g/mol. The van der Waals surface area contributed by atoms with Gasteiger partial charge in [0.1, 0.15) is 11.8 Å². The number of nitriles is 1. The van der Waals surface area contributed by atoms with E-state index >= 15 is 0 Å². The van der Waals surface area contributed by atoms with Gasteiger partial charge in [0.15, 0.2) is 5.57 Å². The number of rotatable bonds is 2. The van der Waals surface area contributed by atoms with Crippen LogP contribution < -0.4 is 5.32 Å². The third-order valence-corrected chi connectivity index (χ3v) is 2.84. The maximum atomic E-state index is 12.0. The van der Waals surface area contributed by atoms with Gasteiger partial charge < -0.3 is 10.4 Å². The number of benzene rings is 1. The van der Waals surface area contributed by atoms with Gasteiger partial charge in [-0.1, -0.05) is 44.0 Å². The highest BCUT2D eigenvalue weighted by molar-refractivity contribution is 6.35. The Kier molecular flexibility index (Phi) is 5.04. The van der Waals surface area contributed by atoms with Gasteiger partial charge in [0.25, 0.3) is 5.91 Å². The normalized spacial score (nSPS) is 12.4.